The first-order valence-electron chi connectivity index (χ1n) is 21.6. The first-order chi connectivity index (χ1) is 31.6. The number of ether oxygens (including phenoxy) is 7. The summed E-state index contributed by atoms with van der Waals surface area (Å²) in [6.45, 7) is 1.53. The average Bonchev–Trinajstić information content (AvgIpc) is 3.35. The molecule has 7 aromatic rings. The molecule has 1 saturated heterocycles. The third kappa shape index (κ3) is 12.1. The Kier molecular flexibility index (Phi) is 15.6. The Bertz CT molecular complexity index is 2450. The monoisotopic (exact) mass is 856 g/mol. The van der Waals surface area contributed by atoms with Crippen LogP contribution in [-0.4, -0.2) is 42.1 Å². The summed E-state index contributed by atoms with van der Waals surface area (Å²) in [6.07, 6.45) is -3.79. The van der Waals surface area contributed by atoms with Gasteiger partial charge >= 0.3 is 5.97 Å². The second-order valence-electron chi connectivity index (χ2n) is 15.6. The van der Waals surface area contributed by atoms with Crippen LogP contribution in [0.1, 0.15) is 55.4 Å². The van der Waals surface area contributed by atoms with E-state index in [1.54, 1.807) is 12.1 Å². The smallest absolute Gasteiger partial charge is 0.339 e. The molecule has 326 valence electrons. The summed E-state index contributed by atoms with van der Waals surface area (Å²) in [5, 5.41) is 10.9. The van der Waals surface area contributed by atoms with Gasteiger partial charge in [-0.05, 0) is 51.1 Å². The van der Waals surface area contributed by atoms with Crippen LogP contribution in [0, 0.1) is 0 Å². The molecule has 0 spiro atoms. The molecule has 0 bridgehead atoms. The number of benzene rings is 7. The third-order valence-electron chi connectivity index (χ3n) is 11.0. The molecule has 1 heterocycles. The van der Waals surface area contributed by atoms with Crippen molar-refractivity contribution >= 4 is 5.97 Å². The Morgan fingerprint density at radius 2 is 0.844 bits per heavy atom. The summed E-state index contributed by atoms with van der Waals surface area (Å²) in [4.78, 5) is 13.4. The van der Waals surface area contributed by atoms with Gasteiger partial charge in [-0.3, -0.25) is 0 Å². The molecule has 1 fully saturated rings. The lowest BCUT2D eigenvalue weighted by Gasteiger charge is -2.46. The van der Waals surface area contributed by atoms with Gasteiger partial charge in [0.15, 0.2) is 11.5 Å². The van der Waals surface area contributed by atoms with Gasteiger partial charge in [0.05, 0.1) is 33.0 Å². The maximum atomic E-state index is 13.4. The largest absolute Gasteiger partial charge is 0.485 e. The van der Waals surface area contributed by atoms with Crippen molar-refractivity contribution in [2.75, 3.05) is 6.61 Å². The van der Waals surface area contributed by atoms with Crippen molar-refractivity contribution in [2.24, 2.45) is 0 Å². The van der Waals surface area contributed by atoms with Crippen LogP contribution in [-0.2, 0) is 63.3 Å². The zero-order valence-electron chi connectivity index (χ0n) is 35.5. The van der Waals surface area contributed by atoms with E-state index in [0.29, 0.717) is 12.2 Å². The van der Waals surface area contributed by atoms with Gasteiger partial charge in [-0.15, -0.1) is 0 Å². The van der Waals surface area contributed by atoms with Crippen LogP contribution in [0.25, 0.3) is 0 Å². The quantitative estimate of drug-likeness (QED) is 0.0757. The Hall–Kier alpha value is -6.59. The zero-order valence-corrected chi connectivity index (χ0v) is 35.5. The van der Waals surface area contributed by atoms with Gasteiger partial charge in [-0.2, -0.15) is 0 Å². The Labute approximate surface area is 374 Å². The second kappa shape index (κ2) is 22.7. The van der Waals surface area contributed by atoms with Gasteiger partial charge in [0.25, 0.3) is 0 Å². The molecule has 7 aromatic carbocycles. The number of carboxylic acid groups (broad SMARTS) is 1. The maximum absolute atomic E-state index is 13.4. The molecule has 0 radical (unpaired) electrons. The second-order valence-corrected chi connectivity index (χ2v) is 15.6. The van der Waals surface area contributed by atoms with E-state index in [9.17, 15) is 9.90 Å². The lowest BCUT2D eigenvalue weighted by Crippen LogP contribution is -2.58. The number of carboxylic acids is 1. The number of hydrogen-bond donors (Lipinski definition) is 1. The van der Waals surface area contributed by atoms with Crippen LogP contribution in [0.2, 0.25) is 0 Å². The number of carbonyl (C=O) groups is 1. The fraction of sp³-hybridized carbons (Fsp3) is 0.218. The number of aromatic carboxylic acids is 1. The van der Waals surface area contributed by atoms with E-state index < -0.39 is 36.5 Å². The average molecular weight is 857 g/mol. The minimum atomic E-state index is -1.18. The van der Waals surface area contributed by atoms with Crippen molar-refractivity contribution < 1.29 is 43.1 Å². The lowest BCUT2D eigenvalue weighted by atomic mass is 9.89. The van der Waals surface area contributed by atoms with Crippen LogP contribution in [0.4, 0.5) is 0 Å². The van der Waals surface area contributed by atoms with E-state index >= 15 is 0 Å². The molecule has 8 rings (SSSR count). The predicted octanol–water partition coefficient (Wildman–Crippen LogP) is 11.0. The maximum Gasteiger partial charge on any atom is 0.339 e. The number of hydrogen-bond acceptors (Lipinski definition) is 8. The van der Waals surface area contributed by atoms with Gasteiger partial charge in [0.1, 0.15) is 49.3 Å². The van der Waals surface area contributed by atoms with Crippen LogP contribution < -0.4 is 9.47 Å². The number of rotatable bonds is 21. The highest BCUT2D eigenvalue weighted by Crippen LogP contribution is 2.43. The first-order valence-corrected chi connectivity index (χ1v) is 21.6. The van der Waals surface area contributed by atoms with E-state index in [0.717, 1.165) is 33.4 Å². The minimum Gasteiger partial charge on any atom is -0.485 e. The van der Waals surface area contributed by atoms with Crippen molar-refractivity contribution in [3.8, 4) is 11.5 Å². The third-order valence-corrected chi connectivity index (χ3v) is 11.0. The molecule has 64 heavy (non-hydrogen) atoms. The molecule has 9 heteroatoms. The molecule has 0 aliphatic carbocycles. The van der Waals surface area contributed by atoms with E-state index in [1.807, 2.05) is 182 Å². The molecule has 0 saturated carbocycles. The molecule has 0 aromatic heterocycles. The fourth-order valence-corrected chi connectivity index (χ4v) is 7.73. The summed E-state index contributed by atoms with van der Waals surface area (Å²) >= 11 is 0. The topological polar surface area (TPSA) is 102 Å². The first kappa shape index (κ1) is 44.0. The van der Waals surface area contributed by atoms with E-state index in [2.05, 4.69) is 0 Å². The standard InChI is InChI=1S/C55H52O9/c56-55(57)47-31-46(32-48(59-34-41-21-9-2-10-22-41)51(47)60-35-42-23-11-3-12-24-42)50-53(62-37-44-27-15-5-16-28-44)54(63-38-45-29-17-6-18-30-45)52(61-36-43-25-13-4-14-26-43)49(64-50)39-58-33-40-19-7-1-8-20-40/h1-32,49-50,52-54H,33-39H2,(H,56,57)/t49-,50+,52+,53?,54?/m1/s1. The molecule has 2 unspecified atom stereocenters. The van der Waals surface area contributed by atoms with Gasteiger partial charge in [-0.1, -0.05) is 182 Å². The van der Waals surface area contributed by atoms with Crippen LogP contribution in [0.5, 0.6) is 11.5 Å². The summed E-state index contributed by atoms with van der Waals surface area (Å²) in [5.41, 5.74) is 6.11. The summed E-state index contributed by atoms with van der Waals surface area (Å²) in [7, 11) is 0. The van der Waals surface area contributed by atoms with Crippen LogP contribution >= 0.6 is 0 Å². The van der Waals surface area contributed by atoms with Crippen molar-refractivity contribution in [3.63, 3.8) is 0 Å². The zero-order chi connectivity index (χ0) is 43.8. The molecule has 1 aliphatic rings. The van der Waals surface area contributed by atoms with Crippen LogP contribution in [0.3, 0.4) is 0 Å². The van der Waals surface area contributed by atoms with Gasteiger partial charge in [-0.25, -0.2) is 4.79 Å². The van der Waals surface area contributed by atoms with Crippen molar-refractivity contribution in [1.82, 2.24) is 0 Å². The molecule has 9 nitrogen and oxygen atoms in total. The molecular formula is C55H52O9. The van der Waals surface area contributed by atoms with Crippen molar-refractivity contribution in [1.29, 1.82) is 0 Å². The summed E-state index contributed by atoms with van der Waals surface area (Å²) < 4.78 is 47.3. The lowest BCUT2D eigenvalue weighted by molar-refractivity contribution is -0.275. The normalized spacial score (nSPS) is 18.3. The van der Waals surface area contributed by atoms with E-state index in [-0.39, 0.29) is 56.7 Å². The van der Waals surface area contributed by atoms with Gasteiger partial charge in [0.2, 0.25) is 0 Å². The summed E-state index contributed by atoms with van der Waals surface area (Å²) in [6, 6.07) is 62.5. The highest BCUT2D eigenvalue weighted by molar-refractivity contribution is 5.92. The van der Waals surface area contributed by atoms with Crippen molar-refractivity contribution in [2.45, 2.75) is 70.2 Å². The summed E-state index contributed by atoms with van der Waals surface area (Å²) in [5.74, 6) is -0.825. The van der Waals surface area contributed by atoms with Crippen molar-refractivity contribution in [3.05, 3.63) is 239 Å². The highest BCUT2D eigenvalue weighted by Gasteiger charge is 2.49. The molecular weight excluding hydrogens is 805 g/mol. The van der Waals surface area contributed by atoms with Gasteiger partial charge in [0, 0.05) is 0 Å². The minimum absolute atomic E-state index is 0.0806. The molecule has 1 N–H and O–H groups in total. The molecule has 0 amide bonds. The predicted molar refractivity (Wildman–Crippen MR) is 244 cm³/mol. The Morgan fingerprint density at radius 3 is 1.30 bits per heavy atom. The SMILES string of the molecule is O=C(O)c1cc([C@@H]2O[C@H](COCc3ccccc3)[C@H](OCc3ccccc3)C(OCc3ccccc3)C2OCc2ccccc2)cc(OCc2ccccc2)c1OCc1ccccc1. The Balaban J connectivity index is 1.22. The fourth-order valence-electron chi connectivity index (χ4n) is 7.73. The molecule has 1 aliphatic heterocycles. The van der Waals surface area contributed by atoms with E-state index in [1.165, 1.54) is 0 Å². The molecule has 5 atom stereocenters. The Morgan fingerprint density at radius 1 is 0.453 bits per heavy atom. The highest BCUT2D eigenvalue weighted by atomic mass is 16.6. The van der Waals surface area contributed by atoms with Gasteiger partial charge < -0.3 is 38.3 Å². The van der Waals surface area contributed by atoms with E-state index in [4.69, 9.17) is 33.2 Å². The van der Waals surface area contributed by atoms with Crippen LogP contribution in [0.15, 0.2) is 194 Å².